The van der Waals surface area contributed by atoms with Gasteiger partial charge in [0.1, 0.15) is 0 Å². The molecule has 0 atom stereocenters. The molecule has 2 heteroatoms. The molecule has 45 valence electrons. The SMILES string of the molecule is [C]#CC(C)(OC)OC. The van der Waals surface area contributed by atoms with Crippen LogP contribution in [0.2, 0.25) is 0 Å². The zero-order valence-corrected chi connectivity index (χ0v) is 5.32. The summed E-state index contributed by atoms with van der Waals surface area (Å²) in [6.07, 6.45) is 6.66. The Balaban J connectivity index is 3.83. The molecule has 0 aromatic rings. The van der Waals surface area contributed by atoms with Crippen molar-refractivity contribution in [1.29, 1.82) is 0 Å². The Morgan fingerprint density at radius 3 is 1.75 bits per heavy atom. The van der Waals surface area contributed by atoms with Crippen LogP contribution < -0.4 is 0 Å². The minimum absolute atomic E-state index is 0.958. The molecule has 0 aliphatic heterocycles. The molecule has 2 nitrogen and oxygen atoms in total. The van der Waals surface area contributed by atoms with Crippen LogP contribution in [0, 0.1) is 12.3 Å². The lowest BCUT2D eigenvalue weighted by molar-refractivity contribution is -0.148. The van der Waals surface area contributed by atoms with E-state index in [9.17, 15) is 0 Å². The molecule has 0 unspecified atom stereocenters. The maximum absolute atomic E-state index is 6.66. The van der Waals surface area contributed by atoms with Crippen LogP contribution in [0.15, 0.2) is 0 Å². The van der Waals surface area contributed by atoms with Crippen molar-refractivity contribution in [2.24, 2.45) is 0 Å². The van der Waals surface area contributed by atoms with Crippen LogP contribution >= 0.6 is 0 Å². The van der Waals surface area contributed by atoms with E-state index in [2.05, 4.69) is 5.92 Å². The normalized spacial score (nSPS) is 10.8. The highest BCUT2D eigenvalue weighted by Gasteiger charge is 2.17. The summed E-state index contributed by atoms with van der Waals surface area (Å²) in [5, 5.41) is 0. The lowest BCUT2D eigenvalue weighted by atomic mass is 10.3. The fraction of sp³-hybridized carbons (Fsp3) is 0.667. The van der Waals surface area contributed by atoms with Gasteiger partial charge in [-0.1, -0.05) is 0 Å². The first-order valence-electron chi connectivity index (χ1n) is 2.22. The molecule has 1 radical (unpaired) electrons. The van der Waals surface area contributed by atoms with Crippen molar-refractivity contribution >= 4 is 0 Å². The largest absolute Gasteiger partial charge is 0.343 e. The highest BCUT2D eigenvalue weighted by atomic mass is 16.7. The van der Waals surface area contributed by atoms with E-state index in [1.807, 2.05) is 0 Å². The zero-order chi connectivity index (χ0) is 6.62. The van der Waals surface area contributed by atoms with Crippen LogP contribution in [0.1, 0.15) is 6.92 Å². The van der Waals surface area contributed by atoms with E-state index in [1.54, 1.807) is 6.92 Å². The van der Waals surface area contributed by atoms with Crippen molar-refractivity contribution in [3.63, 3.8) is 0 Å². The highest BCUT2D eigenvalue weighted by Crippen LogP contribution is 2.05. The van der Waals surface area contributed by atoms with Gasteiger partial charge >= 0.3 is 0 Å². The van der Waals surface area contributed by atoms with Crippen LogP contribution in [0.5, 0.6) is 0 Å². The molecule has 8 heavy (non-hydrogen) atoms. The summed E-state index contributed by atoms with van der Waals surface area (Å²) in [5.74, 6) is 1.12. The van der Waals surface area contributed by atoms with Gasteiger partial charge in [-0.15, -0.1) is 0 Å². The van der Waals surface area contributed by atoms with E-state index in [0.717, 1.165) is 0 Å². The lowest BCUT2D eigenvalue weighted by Crippen LogP contribution is -2.26. The van der Waals surface area contributed by atoms with Gasteiger partial charge in [-0.2, -0.15) is 0 Å². The first-order valence-corrected chi connectivity index (χ1v) is 2.22. The molecule has 0 rings (SSSR count). The summed E-state index contributed by atoms with van der Waals surface area (Å²) in [4.78, 5) is 0. The third-order valence-corrected chi connectivity index (χ3v) is 1.01. The summed E-state index contributed by atoms with van der Waals surface area (Å²) < 4.78 is 9.43. The van der Waals surface area contributed by atoms with E-state index >= 15 is 0 Å². The quantitative estimate of drug-likeness (QED) is 0.385. The maximum atomic E-state index is 6.66. The average Bonchev–Trinajstić information content (AvgIpc) is 1.87. The summed E-state index contributed by atoms with van der Waals surface area (Å²) in [7, 11) is 2.93. The Bertz CT molecular complexity index is 97.6. The van der Waals surface area contributed by atoms with Crippen molar-refractivity contribution in [3.8, 4) is 5.92 Å². The standard InChI is InChI=1S/C6H9O2/c1-5-6(2,7-3)8-4/h2-4H3. The molecule has 0 aliphatic rings. The second kappa shape index (κ2) is 2.71. The van der Waals surface area contributed by atoms with Gasteiger partial charge in [0.15, 0.2) is 0 Å². The minimum atomic E-state index is -0.958. The minimum Gasteiger partial charge on any atom is -0.343 e. The van der Waals surface area contributed by atoms with Crippen molar-refractivity contribution in [2.75, 3.05) is 14.2 Å². The maximum Gasteiger partial charge on any atom is 0.231 e. The molecule has 0 bridgehead atoms. The molecule has 0 saturated heterocycles. The predicted molar refractivity (Wildman–Crippen MR) is 29.6 cm³/mol. The van der Waals surface area contributed by atoms with Crippen molar-refractivity contribution in [3.05, 3.63) is 6.42 Å². The Labute approximate surface area is 49.8 Å². The summed E-state index contributed by atoms with van der Waals surface area (Å²) >= 11 is 0. The second-order valence-electron chi connectivity index (χ2n) is 1.48. The molecule has 0 heterocycles. The first kappa shape index (κ1) is 7.48. The number of hydrogen-bond acceptors (Lipinski definition) is 2. The molecule has 0 fully saturated rings. The fourth-order valence-electron chi connectivity index (χ4n) is 0.185. The summed E-state index contributed by atoms with van der Waals surface area (Å²) in [5.41, 5.74) is 0. The lowest BCUT2D eigenvalue weighted by Gasteiger charge is -2.18. The Morgan fingerprint density at radius 2 is 1.75 bits per heavy atom. The van der Waals surface area contributed by atoms with E-state index in [-0.39, 0.29) is 0 Å². The Kier molecular flexibility index (Phi) is 2.53. The number of methoxy groups -OCH3 is 2. The first-order chi connectivity index (χ1) is 3.68. The van der Waals surface area contributed by atoms with Crippen LogP contribution in [0.3, 0.4) is 0 Å². The number of rotatable bonds is 2. The average molecular weight is 113 g/mol. The number of ether oxygens (including phenoxy) is 2. The predicted octanol–water partition coefficient (Wildman–Crippen LogP) is 0.585. The van der Waals surface area contributed by atoms with Crippen LogP contribution in [-0.4, -0.2) is 20.0 Å². The third-order valence-electron chi connectivity index (χ3n) is 1.01. The van der Waals surface area contributed by atoms with Gasteiger partial charge in [0.05, 0.1) is 0 Å². The molecule has 0 spiro atoms. The molecule has 0 amide bonds. The Hall–Kier alpha value is -0.520. The summed E-state index contributed by atoms with van der Waals surface area (Å²) in [6.45, 7) is 1.61. The Morgan fingerprint density at radius 1 is 1.38 bits per heavy atom. The van der Waals surface area contributed by atoms with Crippen LogP contribution in [0.25, 0.3) is 0 Å². The molecule has 0 aliphatic carbocycles. The topological polar surface area (TPSA) is 18.5 Å². The van der Waals surface area contributed by atoms with E-state index < -0.39 is 5.79 Å². The second-order valence-corrected chi connectivity index (χ2v) is 1.48. The molecular weight excluding hydrogens is 104 g/mol. The van der Waals surface area contributed by atoms with E-state index in [0.29, 0.717) is 0 Å². The summed E-state index contributed by atoms with van der Waals surface area (Å²) in [6, 6.07) is 0. The van der Waals surface area contributed by atoms with Crippen LogP contribution in [0.4, 0.5) is 0 Å². The van der Waals surface area contributed by atoms with E-state index in [4.69, 9.17) is 15.9 Å². The molecule has 0 aromatic carbocycles. The molecule has 0 saturated carbocycles. The van der Waals surface area contributed by atoms with Crippen LogP contribution in [-0.2, 0) is 9.47 Å². The zero-order valence-electron chi connectivity index (χ0n) is 5.32. The highest BCUT2D eigenvalue weighted by molar-refractivity contribution is 4.93. The van der Waals surface area contributed by atoms with Gasteiger partial charge in [-0.3, -0.25) is 0 Å². The van der Waals surface area contributed by atoms with Gasteiger partial charge < -0.3 is 9.47 Å². The molecule has 0 aromatic heterocycles. The smallest absolute Gasteiger partial charge is 0.231 e. The third kappa shape index (κ3) is 1.53. The van der Waals surface area contributed by atoms with Gasteiger partial charge in [-0.05, 0) is 12.3 Å². The van der Waals surface area contributed by atoms with Gasteiger partial charge in [0.2, 0.25) is 5.79 Å². The monoisotopic (exact) mass is 113 g/mol. The molecular formula is C6H9O2. The van der Waals surface area contributed by atoms with Crippen molar-refractivity contribution in [2.45, 2.75) is 12.7 Å². The van der Waals surface area contributed by atoms with Crippen molar-refractivity contribution < 1.29 is 9.47 Å². The van der Waals surface area contributed by atoms with Gasteiger partial charge in [0, 0.05) is 21.1 Å². The van der Waals surface area contributed by atoms with Gasteiger partial charge in [-0.25, -0.2) is 0 Å². The van der Waals surface area contributed by atoms with Gasteiger partial charge in [0.25, 0.3) is 0 Å². The fourth-order valence-corrected chi connectivity index (χ4v) is 0.185. The van der Waals surface area contributed by atoms with E-state index in [1.165, 1.54) is 14.2 Å². The number of hydrogen-bond donors (Lipinski definition) is 0. The van der Waals surface area contributed by atoms with Crippen molar-refractivity contribution in [1.82, 2.24) is 0 Å². The molecule has 0 N–H and O–H groups in total.